The molecule has 0 saturated carbocycles. The first-order valence-electron chi connectivity index (χ1n) is 8.76. The van der Waals surface area contributed by atoms with Gasteiger partial charge in [-0.05, 0) is 37.0 Å². The van der Waals surface area contributed by atoms with Crippen molar-refractivity contribution >= 4 is 16.8 Å². The molecule has 0 spiro atoms. The summed E-state index contributed by atoms with van der Waals surface area (Å²) in [6, 6.07) is 6.33. The van der Waals surface area contributed by atoms with E-state index in [-0.39, 0.29) is 17.6 Å². The van der Waals surface area contributed by atoms with Gasteiger partial charge >= 0.3 is 0 Å². The van der Waals surface area contributed by atoms with Gasteiger partial charge < -0.3 is 19.6 Å². The van der Waals surface area contributed by atoms with Crippen molar-refractivity contribution in [2.24, 2.45) is 13.0 Å². The van der Waals surface area contributed by atoms with Crippen molar-refractivity contribution in [3.05, 3.63) is 54.0 Å². The number of fused-ring (bicyclic) bond motifs is 1. The van der Waals surface area contributed by atoms with Crippen LogP contribution < -0.4 is 0 Å². The second-order valence-corrected chi connectivity index (χ2v) is 6.85. The van der Waals surface area contributed by atoms with Crippen LogP contribution in [-0.4, -0.2) is 43.5 Å². The molecule has 2 N–H and O–H groups in total. The van der Waals surface area contributed by atoms with Crippen molar-refractivity contribution in [2.45, 2.75) is 18.9 Å². The van der Waals surface area contributed by atoms with Crippen LogP contribution in [0.5, 0.6) is 0 Å². The molecule has 26 heavy (non-hydrogen) atoms. The third kappa shape index (κ3) is 2.88. The number of aromatic nitrogens is 3. The minimum Gasteiger partial charge on any atom is -0.385 e. The lowest BCUT2D eigenvalue weighted by Crippen LogP contribution is -2.40. The summed E-state index contributed by atoms with van der Waals surface area (Å²) in [6.07, 6.45) is 4.26. The number of benzene rings is 1. The van der Waals surface area contributed by atoms with Gasteiger partial charge in [-0.15, -0.1) is 0 Å². The molecule has 136 valence electrons. The number of H-pyrrole nitrogens is 1. The lowest BCUT2D eigenvalue weighted by Gasteiger charge is -2.33. The van der Waals surface area contributed by atoms with E-state index in [9.17, 15) is 14.3 Å². The average molecular weight is 356 g/mol. The summed E-state index contributed by atoms with van der Waals surface area (Å²) < 4.78 is 15.7. The van der Waals surface area contributed by atoms with E-state index in [1.54, 1.807) is 29.3 Å². The average Bonchev–Trinajstić information content (AvgIpc) is 3.28. The number of hydrogen-bond donors (Lipinski definition) is 2. The number of aromatic amines is 1. The van der Waals surface area contributed by atoms with Gasteiger partial charge in [-0.3, -0.25) is 4.79 Å². The van der Waals surface area contributed by atoms with Crippen LogP contribution in [0.1, 0.15) is 35.3 Å². The maximum absolute atomic E-state index is 13.8. The molecule has 2 aromatic heterocycles. The highest BCUT2D eigenvalue weighted by molar-refractivity contribution is 5.98. The SMILES string of the molecule is Cn1ccnc1C(O)C1CCN(C(=O)c2cc3c(F)cccc3[nH]2)CC1. The first-order chi connectivity index (χ1) is 12.5. The molecule has 1 aromatic carbocycles. The van der Waals surface area contributed by atoms with Crippen molar-refractivity contribution in [1.29, 1.82) is 0 Å². The Hall–Kier alpha value is -2.67. The van der Waals surface area contributed by atoms with Crippen LogP contribution >= 0.6 is 0 Å². The number of carbonyl (C=O) groups excluding carboxylic acids is 1. The largest absolute Gasteiger partial charge is 0.385 e. The molecule has 0 bridgehead atoms. The molecule has 1 amide bonds. The van der Waals surface area contributed by atoms with Crippen LogP contribution in [0, 0.1) is 11.7 Å². The number of rotatable bonds is 3. The van der Waals surface area contributed by atoms with E-state index in [0.29, 0.717) is 48.4 Å². The Morgan fingerprint density at radius 2 is 2.15 bits per heavy atom. The topological polar surface area (TPSA) is 74.2 Å². The van der Waals surface area contributed by atoms with E-state index in [1.807, 2.05) is 17.8 Å². The van der Waals surface area contributed by atoms with Crippen LogP contribution in [0.15, 0.2) is 36.7 Å². The lowest BCUT2D eigenvalue weighted by molar-refractivity contribution is 0.0417. The molecule has 1 aliphatic heterocycles. The lowest BCUT2D eigenvalue weighted by atomic mass is 9.90. The highest BCUT2D eigenvalue weighted by Crippen LogP contribution is 2.30. The molecule has 3 heterocycles. The minimum absolute atomic E-state index is 0.0697. The summed E-state index contributed by atoms with van der Waals surface area (Å²) in [5, 5.41) is 11.0. The monoisotopic (exact) mass is 356 g/mol. The molecular formula is C19H21FN4O2. The van der Waals surface area contributed by atoms with Gasteiger partial charge in [-0.25, -0.2) is 9.37 Å². The van der Waals surface area contributed by atoms with Crippen molar-refractivity contribution in [1.82, 2.24) is 19.4 Å². The summed E-state index contributed by atoms with van der Waals surface area (Å²) in [5.41, 5.74) is 1.02. The van der Waals surface area contributed by atoms with Crippen molar-refractivity contribution in [2.75, 3.05) is 13.1 Å². The number of likely N-dealkylation sites (tertiary alicyclic amines) is 1. The predicted molar refractivity (Wildman–Crippen MR) is 95.1 cm³/mol. The highest BCUT2D eigenvalue weighted by atomic mass is 19.1. The third-order valence-corrected chi connectivity index (χ3v) is 5.24. The zero-order chi connectivity index (χ0) is 18.3. The number of carbonyl (C=O) groups is 1. The number of imidazole rings is 1. The number of amides is 1. The molecule has 1 saturated heterocycles. The van der Waals surface area contributed by atoms with E-state index in [4.69, 9.17) is 0 Å². The molecular weight excluding hydrogens is 335 g/mol. The maximum atomic E-state index is 13.8. The number of nitrogens with zero attached hydrogens (tertiary/aromatic N) is 3. The van der Waals surface area contributed by atoms with Crippen LogP contribution in [0.2, 0.25) is 0 Å². The van der Waals surface area contributed by atoms with Crippen LogP contribution in [-0.2, 0) is 7.05 Å². The van der Waals surface area contributed by atoms with Gasteiger partial charge in [0.25, 0.3) is 5.91 Å². The Morgan fingerprint density at radius 1 is 1.38 bits per heavy atom. The van der Waals surface area contributed by atoms with Gasteiger partial charge in [-0.2, -0.15) is 0 Å². The van der Waals surface area contributed by atoms with Gasteiger partial charge in [-0.1, -0.05) is 6.07 Å². The number of aliphatic hydroxyl groups is 1. The van der Waals surface area contributed by atoms with Crippen molar-refractivity contribution < 1.29 is 14.3 Å². The zero-order valence-electron chi connectivity index (χ0n) is 14.5. The molecule has 1 unspecified atom stereocenters. The Morgan fingerprint density at radius 3 is 2.81 bits per heavy atom. The zero-order valence-corrected chi connectivity index (χ0v) is 14.5. The number of aliphatic hydroxyl groups excluding tert-OH is 1. The van der Waals surface area contributed by atoms with Crippen LogP contribution in [0.25, 0.3) is 10.9 Å². The second kappa shape index (κ2) is 6.57. The normalized spacial score (nSPS) is 17.0. The summed E-state index contributed by atoms with van der Waals surface area (Å²) in [5.74, 6) is 0.251. The van der Waals surface area contributed by atoms with E-state index in [0.717, 1.165) is 0 Å². The molecule has 0 radical (unpaired) electrons. The molecule has 6 nitrogen and oxygen atoms in total. The number of hydrogen-bond acceptors (Lipinski definition) is 3. The number of aryl methyl sites for hydroxylation is 1. The standard InChI is InChI=1S/C19H21FN4O2/c1-23-10-7-21-18(23)17(25)12-5-8-24(9-6-12)19(26)16-11-13-14(20)3-2-4-15(13)22-16/h2-4,7,10-12,17,22,25H,5-6,8-9H2,1H3. The number of piperidine rings is 1. The molecule has 3 aromatic rings. The highest BCUT2D eigenvalue weighted by Gasteiger charge is 2.30. The summed E-state index contributed by atoms with van der Waals surface area (Å²) in [7, 11) is 1.86. The van der Waals surface area contributed by atoms with Crippen LogP contribution in [0.4, 0.5) is 4.39 Å². The Labute approximate surface area is 150 Å². The van der Waals surface area contributed by atoms with E-state index < -0.39 is 6.10 Å². The predicted octanol–water partition coefficient (Wildman–Crippen LogP) is 2.63. The smallest absolute Gasteiger partial charge is 0.270 e. The molecule has 1 aliphatic rings. The number of nitrogens with one attached hydrogen (secondary N) is 1. The fourth-order valence-electron chi connectivity index (χ4n) is 3.70. The van der Waals surface area contributed by atoms with Gasteiger partial charge in [0.1, 0.15) is 23.4 Å². The molecule has 0 aliphatic carbocycles. The summed E-state index contributed by atoms with van der Waals surface area (Å²) in [6.45, 7) is 1.12. The van der Waals surface area contributed by atoms with Gasteiger partial charge in [0, 0.05) is 43.4 Å². The van der Waals surface area contributed by atoms with Crippen LogP contribution in [0.3, 0.4) is 0 Å². The first-order valence-corrected chi connectivity index (χ1v) is 8.76. The Balaban J connectivity index is 1.44. The molecule has 1 fully saturated rings. The van der Waals surface area contributed by atoms with E-state index in [1.165, 1.54) is 6.07 Å². The minimum atomic E-state index is -0.630. The fraction of sp³-hybridized carbons (Fsp3) is 0.368. The van der Waals surface area contributed by atoms with Gasteiger partial charge in [0.05, 0.1) is 0 Å². The quantitative estimate of drug-likeness (QED) is 0.758. The first kappa shape index (κ1) is 16.8. The summed E-state index contributed by atoms with van der Waals surface area (Å²) >= 11 is 0. The van der Waals surface area contributed by atoms with Gasteiger partial charge in [0.15, 0.2) is 0 Å². The fourth-order valence-corrected chi connectivity index (χ4v) is 3.70. The molecule has 1 atom stereocenters. The Bertz CT molecular complexity index is 940. The number of halogens is 1. The molecule has 4 rings (SSSR count). The van der Waals surface area contributed by atoms with E-state index >= 15 is 0 Å². The van der Waals surface area contributed by atoms with Gasteiger partial charge in [0.2, 0.25) is 0 Å². The third-order valence-electron chi connectivity index (χ3n) is 5.24. The van der Waals surface area contributed by atoms with Crippen molar-refractivity contribution in [3.63, 3.8) is 0 Å². The maximum Gasteiger partial charge on any atom is 0.270 e. The Kier molecular flexibility index (Phi) is 4.24. The van der Waals surface area contributed by atoms with Crippen molar-refractivity contribution in [3.8, 4) is 0 Å². The van der Waals surface area contributed by atoms with E-state index in [2.05, 4.69) is 9.97 Å². The molecule has 7 heteroatoms. The second-order valence-electron chi connectivity index (χ2n) is 6.85. The summed E-state index contributed by atoms with van der Waals surface area (Å²) in [4.78, 5) is 21.7.